The number of hydrogen-bond acceptors (Lipinski definition) is 6. The molecule has 5 aromatic rings. The van der Waals surface area contributed by atoms with E-state index < -0.39 is 11.5 Å². The van der Waals surface area contributed by atoms with Crippen LogP contribution in [0.1, 0.15) is 62.1 Å². The smallest absolute Gasteiger partial charge is 0.354 e. The van der Waals surface area contributed by atoms with Gasteiger partial charge in [0.15, 0.2) is 11.8 Å². The topological polar surface area (TPSA) is 177 Å². The van der Waals surface area contributed by atoms with Crippen molar-refractivity contribution < 1.29 is 9.13 Å². The fourth-order valence-corrected chi connectivity index (χ4v) is 6.76. The molecule has 1 aliphatic heterocycles. The number of nitrogens with two attached hydrogens (primary N) is 2. The Morgan fingerprint density at radius 2 is 2.06 bits per heavy atom. The van der Waals surface area contributed by atoms with Gasteiger partial charge in [0.25, 0.3) is 0 Å². The number of H-pyrrole nitrogens is 2. The summed E-state index contributed by atoms with van der Waals surface area (Å²) in [6.07, 6.45) is 10.8. The van der Waals surface area contributed by atoms with Crippen molar-refractivity contribution in [3.63, 3.8) is 0 Å². The summed E-state index contributed by atoms with van der Waals surface area (Å²) in [7, 11) is 0. The minimum Gasteiger partial charge on any atom is -0.370 e. The highest BCUT2D eigenvalue weighted by atomic mass is 35.5. The molecule has 4 heterocycles. The highest BCUT2D eigenvalue weighted by molar-refractivity contribution is 6.31. The van der Waals surface area contributed by atoms with Gasteiger partial charge in [-0.1, -0.05) is 23.7 Å². The van der Waals surface area contributed by atoms with Gasteiger partial charge in [-0.05, 0) is 92.8 Å². The molecule has 252 valence electrons. The zero-order valence-electron chi connectivity index (χ0n) is 26.8. The number of nitrogens with zero attached hydrogens (tertiary/aromatic N) is 3. The Morgan fingerprint density at radius 3 is 2.79 bits per heavy atom. The highest BCUT2D eigenvalue weighted by Crippen LogP contribution is 2.38. The number of ether oxygens (including phenoxy) is 1. The Kier molecular flexibility index (Phi) is 10.2. The average molecular weight is 674 g/mol. The molecule has 3 aromatic heterocycles. The molecular weight excluding hydrogens is 633 g/mol. The van der Waals surface area contributed by atoms with E-state index in [0.717, 1.165) is 55.5 Å². The molecule has 0 unspecified atom stereocenters. The van der Waals surface area contributed by atoms with E-state index in [1.807, 2.05) is 37.4 Å². The van der Waals surface area contributed by atoms with Crippen molar-refractivity contribution in [3.05, 3.63) is 99.3 Å². The van der Waals surface area contributed by atoms with Crippen molar-refractivity contribution in [2.75, 3.05) is 6.54 Å². The fraction of sp³-hybridized carbons (Fsp3) is 0.371. The number of fused-ring (bicyclic) bond motifs is 1. The van der Waals surface area contributed by atoms with Gasteiger partial charge in [-0.15, -0.1) is 0 Å². The van der Waals surface area contributed by atoms with Gasteiger partial charge in [-0.25, -0.2) is 14.2 Å². The number of aromatic nitrogens is 5. The lowest BCUT2D eigenvalue weighted by atomic mass is 9.85. The van der Waals surface area contributed by atoms with E-state index in [4.69, 9.17) is 33.2 Å². The lowest BCUT2D eigenvalue weighted by molar-refractivity contribution is -0.0740. The van der Waals surface area contributed by atoms with Gasteiger partial charge < -0.3 is 31.5 Å². The molecule has 0 aliphatic carbocycles. The largest absolute Gasteiger partial charge is 0.370 e. The van der Waals surface area contributed by atoms with Crippen LogP contribution in [-0.2, 0) is 17.6 Å². The lowest BCUT2D eigenvalue weighted by Crippen LogP contribution is -2.35. The van der Waals surface area contributed by atoms with Gasteiger partial charge in [-0.3, -0.25) is 9.98 Å². The van der Waals surface area contributed by atoms with Gasteiger partial charge in [-0.2, -0.15) is 4.98 Å². The number of aromatic amines is 2. The third-order valence-electron chi connectivity index (χ3n) is 8.90. The van der Waals surface area contributed by atoms with Crippen LogP contribution < -0.4 is 22.5 Å². The SMILES string of the molecule is C[C@H](N)CCCc1cc(Cl)c(F)c(-c2cc3cn(-c4ccc([C@@H]5C[C@@H](CCNC(=N)N)C[C@@H](Cc6ncc[nH]6)O5)cc4)c(=O)nc3[nH]2)c1. The molecule has 0 radical (unpaired) electrons. The van der Waals surface area contributed by atoms with Crippen LogP contribution in [0.4, 0.5) is 4.39 Å². The second kappa shape index (κ2) is 14.7. The summed E-state index contributed by atoms with van der Waals surface area (Å²) in [6.45, 7) is 2.59. The van der Waals surface area contributed by atoms with Crippen LogP contribution in [0.3, 0.4) is 0 Å². The Hall–Kier alpha value is -4.52. The molecule has 1 saturated heterocycles. The predicted molar refractivity (Wildman–Crippen MR) is 186 cm³/mol. The van der Waals surface area contributed by atoms with Crippen LogP contribution in [0.2, 0.25) is 5.02 Å². The third kappa shape index (κ3) is 7.95. The molecule has 11 nitrogen and oxygen atoms in total. The van der Waals surface area contributed by atoms with Crippen LogP contribution in [0, 0.1) is 17.1 Å². The first kappa shape index (κ1) is 33.4. The second-order valence-corrected chi connectivity index (χ2v) is 13.1. The van der Waals surface area contributed by atoms with Gasteiger partial charge in [0.1, 0.15) is 11.5 Å². The first-order valence-electron chi connectivity index (χ1n) is 16.3. The molecule has 1 fully saturated rings. The number of benzene rings is 2. The Labute approximate surface area is 282 Å². The normalized spacial score (nSPS) is 18.6. The van der Waals surface area contributed by atoms with E-state index in [9.17, 15) is 4.79 Å². The maximum absolute atomic E-state index is 15.2. The first-order chi connectivity index (χ1) is 23.1. The number of imidazole rings is 1. The molecule has 6 rings (SSSR count). The van der Waals surface area contributed by atoms with Crippen LogP contribution in [0.25, 0.3) is 28.0 Å². The number of aryl methyl sites for hydroxylation is 1. The summed E-state index contributed by atoms with van der Waals surface area (Å²) in [6, 6.07) is 13.0. The number of rotatable bonds is 12. The van der Waals surface area contributed by atoms with Crippen molar-refractivity contribution in [3.8, 4) is 16.9 Å². The Morgan fingerprint density at radius 1 is 1.25 bits per heavy atom. The predicted octanol–water partition coefficient (Wildman–Crippen LogP) is 5.52. The van der Waals surface area contributed by atoms with Crippen LogP contribution in [0.5, 0.6) is 0 Å². The van der Waals surface area contributed by atoms with E-state index in [-0.39, 0.29) is 29.2 Å². The van der Waals surface area contributed by atoms with Crippen LogP contribution >= 0.6 is 11.6 Å². The van der Waals surface area contributed by atoms with E-state index in [1.165, 1.54) is 4.57 Å². The first-order valence-corrected chi connectivity index (χ1v) is 16.7. The van der Waals surface area contributed by atoms with Crippen LogP contribution in [-0.4, -0.2) is 49.2 Å². The number of nitrogens with one attached hydrogen (secondary N) is 4. The maximum atomic E-state index is 15.2. The summed E-state index contributed by atoms with van der Waals surface area (Å²) in [5, 5.41) is 11.1. The minimum absolute atomic E-state index is 0.0241. The quantitative estimate of drug-likeness (QED) is 0.0746. The van der Waals surface area contributed by atoms with E-state index >= 15 is 4.39 Å². The molecule has 1 aliphatic rings. The average Bonchev–Trinajstić information content (AvgIpc) is 3.71. The van der Waals surface area contributed by atoms with Crippen molar-refractivity contribution in [1.82, 2.24) is 29.8 Å². The molecule has 13 heteroatoms. The summed E-state index contributed by atoms with van der Waals surface area (Å²) in [5.74, 6) is 0.679. The molecular formula is C35H41ClFN9O2. The number of hydrogen-bond donors (Lipinski definition) is 6. The van der Waals surface area contributed by atoms with Crippen molar-refractivity contribution >= 4 is 28.6 Å². The standard InChI is InChI=1S/C35H41ClFN9O2/c1-20(38)3-2-4-21-14-27(32(37)28(36)15-21)29-17-24-19-46(35(47)45-33(24)44-29)25-7-5-23(6-8-25)30-16-22(9-10-43-34(39)40)13-26(48-30)18-31-41-11-12-42-31/h5-8,11-12,14-15,17,19-20,22,26,30H,2-4,9-10,13,16,18,38H2,1H3,(H,41,42)(H4,39,40,43)(H,44,45,47)/t20-,22-,26-,30-/m0/s1. The molecule has 4 atom stereocenters. The van der Waals surface area contributed by atoms with Crippen molar-refractivity contribution in [1.29, 1.82) is 5.41 Å². The Bertz CT molecular complexity index is 1920. The monoisotopic (exact) mass is 673 g/mol. The molecule has 48 heavy (non-hydrogen) atoms. The van der Waals surface area contributed by atoms with Gasteiger partial charge in [0, 0.05) is 48.5 Å². The summed E-state index contributed by atoms with van der Waals surface area (Å²) in [4.78, 5) is 28.1. The maximum Gasteiger partial charge on any atom is 0.354 e. The summed E-state index contributed by atoms with van der Waals surface area (Å²) in [5.41, 5.74) is 14.7. The van der Waals surface area contributed by atoms with Crippen LogP contribution in [0.15, 0.2) is 65.8 Å². The third-order valence-corrected chi connectivity index (χ3v) is 9.17. The molecule has 0 spiro atoms. The van der Waals surface area contributed by atoms with Crippen molar-refractivity contribution in [2.24, 2.45) is 17.4 Å². The summed E-state index contributed by atoms with van der Waals surface area (Å²) >= 11 is 6.28. The number of guanidine groups is 1. The fourth-order valence-electron chi connectivity index (χ4n) is 6.52. The van der Waals surface area contributed by atoms with E-state index in [1.54, 1.807) is 30.6 Å². The van der Waals surface area contributed by atoms with Gasteiger partial charge >= 0.3 is 5.69 Å². The lowest BCUT2D eigenvalue weighted by Gasteiger charge is -2.36. The zero-order valence-corrected chi connectivity index (χ0v) is 27.6. The minimum atomic E-state index is -0.529. The molecule has 8 N–H and O–H groups in total. The second-order valence-electron chi connectivity index (χ2n) is 12.7. The molecule has 0 bridgehead atoms. The Balaban J connectivity index is 1.22. The summed E-state index contributed by atoms with van der Waals surface area (Å²) < 4.78 is 23.2. The highest BCUT2D eigenvalue weighted by Gasteiger charge is 2.31. The van der Waals surface area contributed by atoms with E-state index in [2.05, 4.69) is 25.3 Å². The zero-order chi connectivity index (χ0) is 33.8. The van der Waals surface area contributed by atoms with E-state index in [0.29, 0.717) is 46.9 Å². The molecule has 0 saturated carbocycles. The molecule has 0 amide bonds. The van der Waals surface area contributed by atoms with Gasteiger partial charge in [0.2, 0.25) is 0 Å². The van der Waals surface area contributed by atoms with Gasteiger partial charge in [0.05, 0.1) is 28.6 Å². The molecule has 2 aromatic carbocycles. The number of halogens is 2. The van der Waals surface area contributed by atoms with Crippen molar-refractivity contribution in [2.45, 2.75) is 70.1 Å².